The summed E-state index contributed by atoms with van der Waals surface area (Å²) >= 11 is 2.99. The van der Waals surface area contributed by atoms with Crippen molar-refractivity contribution in [3.8, 4) is 0 Å². The average Bonchev–Trinajstić information content (AvgIpc) is 3.10. The SMILES string of the molecule is CCOCCn1c(=NC(=O)c2ccc(SC)cc2)sc2cc(C(=O)OCC)ccc21. The number of hydrogen-bond acceptors (Lipinski definition) is 6. The number of carbonyl (C=O) groups is 2. The van der Waals surface area contributed by atoms with Gasteiger partial charge in [0, 0.05) is 23.6 Å². The zero-order chi connectivity index (χ0) is 21.5. The first-order valence-electron chi connectivity index (χ1n) is 9.68. The molecule has 6 nitrogen and oxygen atoms in total. The van der Waals surface area contributed by atoms with Gasteiger partial charge in [0.2, 0.25) is 0 Å². The van der Waals surface area contributed by atoms with Crippen molar-refractivity contribution in [3.63, 3.8) is 0 Å². The fourth-order valence-corrected chi connectivity index (χ4v) is 4.40. The number of carbonyl (C=O) groups excluding carboxylic acids is 2. The molecule has 30 heavy (non-hydrogen) atoms. The Kier molecular flexibility index (Phi) is 7.84. The molecule has 3 aromatic rings. The van der Waals surface area contributed by atoms with Gasteiger partial charge in [0.1, 0.15) is 0 Å². The molecule has 1 amide bonds. The van der Waals surface area contributed by atoms with Gasteiger partial charge < -0.3 is 14.0 Å². The minimum absolute atomic E-state index is 0.301. The van der Waals surface area contributed by atoms with Gasteiger partial charge in [-0.05, 0) is 62.6 Å². The molecule has 0 radical (unpaired) electrons. The highest BCUT2D eigenvalue weighted by Crippen LogP contribution is 2.20. The third-order valence-corrected chi connectivity index (χ3v) is 6.18. The van der Waals surface area contributed by atoms with Crippen LogP contribution in [0.2, 0.25) is 0 Å². The normalized spacial score (nSPS) is 11.8. The van der Waals surface area contributed by atoms with Crippen LogP contribution < -0.4 is 4.80 Å². The zero-order valence-electron chi connectivity index (χ0n) is 17.2. The number of hydrogen-bond donors (Lipinski definition) is 0. The number of thioether (sulfide) groups is 1. The summed E-state index contributed by atoms with van der Waals surface area (Å²) in [5, 5.41) is 0. The van der Waals surface area contributed by atoms with Crippen LogP contribution in [0, 0.1) is 0 Å². The molecule has 1 aromatic heterocycles. The van der Waals surface area contributed by atoms with Crippen LogP contribution in [0.5, 0.6) is 0 Å². The lowest BCUT2D eigenvalue weighted by molar-refractivity contribution is 0.0526. The topological polar surface area (TPSA) is 69.9 Å². The number of aromatic nitrogens is 1. The maximum absolute atomic E-state index is 12.7. The van der Waals surface area contributed by atoms with Gasteiger partial charge in [0.05, 0.1) is 29.0 Å². The van der Waals surface area contributed by atoms with E-state index in [-0.39, 0.29) is 11.9 Å². The molecule has 3 rings (SSSR count). The molecule has 0 aliphatic carbocycles. The first-order chi connectivity index (χ1) is 14.6. The number of nitrogens with zero attached hydrogens (tertiary/aromatic N) is 2. The van der Waals surface area contributed by atoms with E-state index in [4.69, 9.17) is 9.47 Å². The van der Waals surface area contributed by atoms with E-state index in [1.165, 1.54) is 11.3 Å². The third-order valence-electron chi connectivity index (χ3n) is 4.39. The Labute approximate surface area is 183 Å². The standard InChI is InChI=1S/C22H24N2O4S2/c1-4-27-13-12-24-18-11-8-16(21(26)28-5-2)14-19(18)30-22(24)23-20(25)15-6-9-17(29-3)10-7-15/h6-11,14H,4-5,12-13H2,1-3H3. The van der Waals surface area contributed by atoms with Crippen LogP contribution in [0.3, 0.4) is 0 Å². The minimum atomic E-state index is -0.364. The molecule has 0 saturated heterocycles. The van der Waals surface area contributed by atoms with E-state index in [1.54, 1.807) is 43.0 Å². The average molecular weight is 445 g/mol. The summed E-state index contributed by atoms with van der Waals surface area (Å²) in [4.78, 5) is 30.9. The molecular weight excluding hydrogens is 420 g/mol. The van der Waals surface area contributed by atoms with Gasteiger partial charge in [0.25, 0.3) is 5.91 Å². The quantitative estimate of drug-likeness (QED) is 0.293. The lowest BCUT2D eigenvalue weighted by Gasteiger charge is -2.06. The molecule has 2 aromatic carbocycles. The van der Waals surface area contributed by atoms with Gasteiger partial charge in [-0.1, -0.05) is 11.3 Å². The Bertz CT molecular complexity index is 1100. The third kappa shape index (κ3) is 5.19. The van der Waals surface area contributed by atoms with Crippen LogP contribution in [0.4, 0.5) is 0 Å². The predicted octanol–water partition coefficient (Wildman–Crippen LogP) is 4.38. The van der Waals surface area contributed by atoms with Crippen LogP contribution in [-0.4, -0.2) is 42.5 Å². The Morgan fingerprint density at radius 3 is 2.47 bits per heavy atom. The van der Waals surface area contributed by atoms with Crippen LogP contribution in [-0.2, 0) is 16.0 Å². The summed E-state index contributed by atoms with van der Waals surface area (Å²) in [6, 6.07) is 12.8. The van der Waals surface area contributed by atoms with E-state index < -0.39 is 0 Å². The molecule has 0 aliphatic rings. The lowest BCUT2D eigenvalue weighted by Crippen LogP contribution is -2.19. The molecular formula is C22H24N2O4S2. The second kappa shape index (κ2) is 10.6. The second-order valence-corrected chi connectivity index (χ2v) is 8.17. The Hall–Kier alpha value is -2.42. The van der Waals surface area contributed by atoms with E-state index in [0.717, 1.165) is 15.1 Å². The number of amides is 1. The zero-order valence-corrected chi connectivity index (χ0v) is 18.8. The van der Waals surface area contributed by atoms with Crippen LogP contribution in [0.15, 0.2) is 52.4 Å². The van der Waals surface area contributed by atoms with Crippen molar-refractivity contribution in [3.05, 3.63) is 58.4 Å². The first kappa shape index (κ1) is 22.3. The highest BCUT2D eigenvalue weighted by atomic mass is 32.2. The van der Waals surface area contributed by atoms with Gasteiger partial charge in [-0.2, -0.15) is 4.99 Å². The molecule has 0 unspecified atom stereocenters. The maximum Gasteiger partial charge on any atom is 0.338 e. The summed E-state index contributed by atoms with van der Waals surface area (Å²) in [7, 11) is 0. The second-order valence-electron chi connectivity index (χ2n) is 6.28. The predicted molar refractivity (Wildman–Crippen MR) is 120 cm³/mol. The molecule has 0 spiro atoms. The Morgan fingerprint density at radius 2 is 1.80 bits per heavy atom. The minimum Gasteiger partial charge on any atom is -0.462 e. The summed E-state index contributed by atoms with van der Waals surface area (Å²) in [5.74, 6) is -0.665. The largest absolute Gasteiger partial charge is 0.462 e. The summed E-state index contributed by atoms with van der Waals surface area (Å²) in [5.41, 5.74) is 1.92. The molecule has 0 fully saturated rings. The highest BCUT2D eigenvalue weighted by molar-refractivity contribution is 7.98. The van der Waals surface area contributed by atoms with Crippen LogP contribution in [0.1, 0.15) is 34.6 Å². The number of ether oxygens (including phenoxy) is 2. The van der Waals surface area contributed by atoms with Crippen molar-refractivity contribution in [2.45, 2.75) is 25.3 Å². The maximum atomic E-state index is 12.7. The molecule has 8 heteroatoms. The smallest absolute Gasteiger partial charge is 0.338 e. The van der Waals surface area contributed by atoms with Crippen LogP contribution in [0.25, 0.3) is 10.2 Å². The van der Waals surface area contributed by atoms with Gasteiger partial charge in [-0.3, -0.25) is 4.79 Å². The molecule has 0 aliphatic heterocycles. The Balaban J connectivity index is 2.03. The number of esters is 1. The highest BCUT2D eigenvalue weighted by Gasteiger charge is 2.13. The summed E-state index contributed by atoms with van der Waals surface area (Å²) in [6.45, 7) is 5.71. The molecule has 0 N–H and O–H groups in total. The summed E-state index contributed by atoms with van der Waals surface area (Å²) in [6.07, 6.45) is 1.99. The van der Waals surface area contributed by atoms with E-state index in [2.05, 4.69) is 4.99 Å². The van der Waals surface area contributed by atoms with E-state index in [0.29, 0.717) is 42.3 Å². The van der Waals surface area contributed by atoms with Crippen LogP contribution >= 0.6 is 23.1 Å². The van der Waals surface area contributed by atoms with E-state index >= 15 is 0 Å². The monoisotopic (exact) mass is 444 g/mol. The van der Waals surface area contributed by atoms with E-state index in [1.807, 2.05) is 35.9 Å². The number of fused-ring (bicyclic) bond motifs is 1. The molecule has 158 valence electrons. The van der Waals surface area contributed by atoms with Crippen molar-refractivity contribution in [1.82, 2.24) is 4.57 Å². The fourth-order valence-electron chi connectivity index (χ4n) is 2.90. The lowest BCUT2D eigenvalue weighted by atomic mass is 10.2. The van der Waals surface area contributed by atoms with Crippen molar-refractivity contribution in [1.29, 1.82) is 0 Å². The Morgan fingerprint density at radius 1 is 1.07 bits per heavy atom. The number of thiazole rings is 1. The van der Waals surface area contributed by atoms with Crippen molar-refractivity contribution in [2.75, 3.05) is 26.1 Å². The molecule has 0 saturated carbocycles. The van der Waals surface area contributed by atoms with Crippen molar-refractivity contribution in [2.24, 2.45) is 4.99 Å². The number of rotatable bonds is 8. The van der Waals surface area contributed by atoms with Crippen molar-refractivity contribution < 1.29 is 19.1 Å². The van der Waals surface area contributed by atoms with Gasteiger partial charge in [-0.15, -0.1) is 11.8 Å². The van der Waals surface area contributed by atoms with Gasteiger partial charge >= 0.3 is 5.97 Å². The molecule has 0 bridgehead atoms. The van der Waals surface area contributed by atoms with Gasteiger partial charge in [0.15, 0.2) is 4.80 Å². The van der Waals surface area contributed by atoms with Crippen molar-refractivity contribution >= 4 is 45.2 Å². The summed E-state index contributed by atoms with van der Waals surface area (Å²) < 4.78 is 13.4. The molecule has 0 atom stereocenters. The molecule has 1 heterocycles. The number of benzene rings is 2. The van der Waals surface area contributed by atoms with E-state index in [9.17, 15) is 9.59 Å². The first-order valence-corrected chi connectivity index (χ1v) is 11.7. The van der Waals surface area contributed by atoms with Gasteiger partial charge in [-0.25, -0.2) is 4.79 Å². The fraction of sp³-hybridized carbons (Fsp3) is 0.318.